The fourth-order valence-electron chi connectivity index (χ4n) is 0.639. The number of hydrogen-bond acceptors (Lipinski definition) is 1. The molecular formula is C6H7ClN2. The van der Waals surface area contributed by atoms with Gasteiger partial charge in [0.25, 0.3) is 0 Å². The molecule has 0 aromatic carbocycles. The van der Waals surface area contributed by atoms with Crippen molar-refractivity contribution in [1.29, 1.82) is 0 Å². The summed E-state index contributed by atoms with van der Waals surface area (Å²) < 4.78 is 1.81. The van der Waals surface area contributed by atoms with Crippen LogP contribution in [0.15, 0.2) is 12.9 Å². The molecule has 1 heterocycles. The van der Waals surface area contributed by atoms with Gasteiger partial charge in [0.15, 0.2) is 5.15 Å². The van der Waals surface area contributed by atoms with Crippen LogP contribution in [0.5, 0.6) is 0 Å². The van der Waals surface area contributed by atoms with Gasteiger partial charge in [-0.05, 0) is 6.08 Å². The number of aromatic nitrogens is 2. The molecule has 0 aliphatic carbocycles. The van der Waals surface area contributed by atoms with Gasteiger partial charge < -0.3 is 4.57 Å². The summed E-state index contributed by atoms with van der Waals surface area (Å²) in [5, 5.41) is 0.507. The highest BCUT2D eigenvalue weighted by Gasteiger charge is 1.99. The largest absolute Gasteiger partial charge is 0.333 e. The molecule has 0 aliphatic rings. The third kappa shape index (κ3) is 0.980. The Bertz CT molecular complexity index is 207. The van der Waals surface area contributed by atoms with Crippen LogP contribution in [-0.2, 0) is 7.05 Å². The van der Waals surface area contributed by atoms with E-state index in [1.807, 2.05) is 11.6 Å². The molecule has 0 radical (unpaired) electrons. The molecule has 9 heavy (non-hydrogen) atoms. The first kappa shape index (κ1) is 6.36. The van der Waals surface area contributed by atoms with E-state index in [1.165, 1.54) is 0 Å². The quantitative estimate of drug-likeness (QED) is 0.584. The first-order valence-corrected chi connectivity index (χ1v) is 2.92. The van der Waals surface area contributed by atoms with Gasteiger partial charge in [-0.25, -0.2) is 4.98 Å². The summed E-state index contributed by atoms with van der Waals surface area (Å²) >= 11 is 5.64. The Morgan fingerprint density at radius 3 is 2.78 bits per heavy atom. The fourth-order valence-corrected chi connectivity index (χ4v) is 0.893. The second-order valence-corrected chi connectivity index (χ2v) is 2.09. The summed E-state index contributed by atoms with van der Waals surface area (Å²) in [6.45, 7) is 3.58. The van der Waals surface area contributed by atoms with Crippen LogP contribution < -0.4 is 0 Å². The lowest BCUT2D eigenvalue weighted by atomic mass is 10.5. The van der Waals surface area contributed by atoms with Gasteiger partial charge in [0.05, 0.1) is 12.0 Å². The number of hydrogen-bond donors (Lipinski definition) is 0. The van der Waals surface area contributed by atoms with Gasteiger partial charge in [0, 0.05) is 7.05 Å². The molecule has 0 saturated carbocycles. The predicted molar refractivity (Wildman–Crippen MR) is 38.3 cm³/mol. The normalized spacial score (nSPS) is 9.56. The van der Waals surface area contributed by atoms with E-state index >= 15 is 0 Å². The van der Waals surface area contributed by atoms with Crippen molar-refractivity contribution in [1.82, 2.24) is 9.55 Å². The molecule has 1 rings (SSSR count). The smallest absolute Gasteiger partial charge is 0.154 e. The molecule has 0 bridgehead atoms. The van der Waals surface area contributed by atoms with Crippen molar-refractivity contribution in [3.8, 4) is 0 Å². The van der Waals surface area contributed by atoms with Gasteiger partial charge in [-0.3, -0.25) is 0 Å². The van der Waals surface area contributed by atoms with Gasteiger partial charge in [-0.2, -0.15) is 0 Å². The fraction of sp³-hybridized carbons (Fsp3) is 0.167. The standard InChI is InChI=1S/C6H7ClN2/c1-3-5-6(7)8-4-9(5)2/h3-4H,1H2,2H3. The van der Waals surface area contributed by atoms with Crippen LogP contribution in [0.1, 0.15) is 5.69 Å². The molecule has 0 fully saturated rings. The van der Waals surface area contributed by atoms with Crippen LogP contribution in [0.3, 0.4) is 0 Å². The molecule has 1 aromatic rings. The summed E-state index contributed by atoms with van der Waals surface area (Å²) in [7, 11) is 1.87. The van der Waals surface area contributed by atoms with E-state index in [2.05, 4.69) is 11.6 Å². The molecule has 0 N–H and O–H groups in total. The molecular weight excluding hydrogens is 136 g/mol. The minimum atomic E-state index is 0.507. The van der Waals surface area contributed by atoms with Crippen molar-refractivity contribution < 1.29 is 0 Å². The number of aryl methyl sites for hydroxylation is 1. The van der Waals surface area contributed by atoms with Crippen molar-refractivity contribution in [2.75, 3.05) is 0 Å². The molecule has 0 atom stereocenters. The van der Waals surface area contributed by atoms with E-state index in [-0.39, 0.29) is 0 Å². The van der Waals surface area contributed by atoms with E-state index in [4.69, 9.17) is 11.6 Å². The average molecular weight is 143 g/mol. The van der Waals surface area contributed by atoms with Crippen LogP contribution in [0, 0.1) is 0 Å². The second kappa shape index (κ2) is 2.23. The lowest BCUT2D eigenvalue weighted by molar-refractivity contribution is 0.902. The number of halogens is 1. The van der Waals surface area contributed by atoms with E-state index < -0.39 is 0 Å². The Hall–Kier alpha value is -0.760. The molecule has 0 amide bonds. The lowest BCUT2D eigenvalue weighted by Crippen LogP contribution is -1.86. The van der Waals surface area contributed by atoms with E-state index in [9.17, 15) is 0 Å². The first-order valence-electron chi connectivity index (χ1n) is 2.55. The van der Waals surface area contributed by atoms with Gasteiger partial charge in [0.2, 0.25) is 0 Å². The van der Waals surface area contributed by atoms with Gasteiger partial charge in [-0.15, -0.1) is 0 Å². The zero-order chi connectivity index (χ0) is 6.85. The van der Waals surface area contributed by atoms with Crippen LogP contribution in [0.25, 0.3) is 6.08 Å². The molecule has 0 aliphatic heterocycles. The molecule has 0 unspecified atom stereocenters. The van der Waals surface area contributed by atoms with Crippen molar-refractivity contribution in [3.05, 3.63) is 23.8 Å². The van der Waals surface area contributed by atoms with Crippen LogP contribution in [-0.4, -0.2) is 9.55 Å². The Labute approximate surface area is 58.8 Å². The van der Waals surface area contributed by atoms with Crippen LogP contribution in [0.4, 0.5) is 0 Å². The summed E-state index contributed by atoms with van der Waals surface area (Å²) in [6.07, 6.45) is 3.33. The predicted octanol–water partition coefficient (Wildman–Crippen LogP) is 1.72. The van der Waals surface area contributed by atoms with Crippen LogP contribution in [0.2, 0.25) is 5.15 Å². The second-order valence-electron chi connectivity index (χ2n) is 1.74. The zero-order valence-corrected chi connectivity index (χ0v) is 5.89. The minimum Gasteiger partial charge on any atom is -0.333 e. The van der Waals surface area contributed by atoms with Gasteiger partial charge in [-0.1, -0.05) is 18.2 Å². The first-order chi connectivity index (χ1) is 4.25. The highest BCUT2D eigenvalue weighted by molar-refractivity contribution is 6.30. The van der Waals surface area contributed by atoms with Crippen LogP contribution >= 0.6 is 11.6 Å². The summed E-state index contributed by atoms with van der Waals surface area (Å²) in [6, 6.07) is 0. The van der Waals surface area contributed by atoms with Crippen molar-refractivity contribution in [2.24, 2.45) is 7.05 Å². The molecule has 48 valence electrons. The van der Waals surface area contributed by atoms with Crippen molar-refractivity contribution >= 4 is 17.7 Å². The maximum Gasteiger partial charge on any atom is 0.154 e. The van der Waals surface area contributed by atoms with E-state index in [0.29, 0.717) is 5.15 Å². The van der Waals surface area contributed by atoms with E-state index in [1.54, 1.807) is 12.4 Å². The number of nitrogens with zero attached hydrogens (tertiary/aromatic N) is 2. The number of rotatable bonds is 1. The molecule has 0 spiro atoms. The highest BCUT2D eigenvalue weighted by Crippen LogP contribution is 2.12. The molecule has 2 nitrogen and oxygen atoms in total. The average Bonchev–Trinajstić information content (AvgIpc) is 2.12. The number of imidazole rings is 1. The lowest BCUT2D eigenvalue weighted by Gasteiger charge is -1.91. The maximum absolute atomic E-state index is 5.64. The third-order valence-electron chi connectivity index (χ3n) is 1.13. The molecule has 1 aromatic heterocycles. The van der Waals surface area contributed by atoms with Gasteiger partial charge >= 0.3 is 0 Å². The molecule has 3 heteroatoms. The third-order valence-corrected chi connectivity index (χ3v) is 1.42. The highest BCUT2D eigenvalue weighted by atomic mass is 35.5. The Balaban J connectivity index is 3.22. The van der Waals surface area contributed by atoms with E-state index in [0.717, 1.165) is 5.69 Å². The van der Waals surface area contributed by atoms with Gasteiger partial charge in [0.1, 0.15) is 0 Å². The summed E-state index contributed by atoms with van der Waals surface area (Å²) in [5.41, 5.74) is 0.858. The molecule has 0 saturated heterocycles. The summed E-state index contributed by atoms with van der Waals surface area (Å²) in [5.74, 6) is 0. The Morgan fingerprint density at radius 2 is 2.56 bits per heavy atom. The topological polar surface area (TPSA) is 17.8 Å². The Morgan fingerprint density at radius 1 is 1.89 bits per heavy atom. The maximum atomic E-state index is 5.64. The SMILES string of the molecule is C=Cc1c(Cl)ncn1C. The van der Waals surface area contributed by atoms with Crippen molar-refractivity contribution in [2.45, 2.75) is 0 Å². The summed E-state index contributed by atoms with van der Waals surface area (Å²) in [4.78, 5) is 3.84. The monoisotopic (exact) mass is 142 g/mol. The Kier molecular flexibility index (Phi) is 1.58. The van der Waals surface area contributed by atoms with Crippen molar-refractivity contribution in [3.63, 3.8) is 0 Å². The zero-order valence-electron chi connectivity index (χ0n) is 5.13. The minimum absolute atomic E-state index is 0.507.